The van der Waals surface area contributed by atoms with Crippen molar-refractivity contribution in [3.63, 3.8) is 0 Å². The number of hydrogen-bond donors (Lipinski definition) is 1. The number of rotatable bonds is 5. The lowest BCUT2D eigenvalue weighted by Gasteiger charge is -2.42. The SMILES string of the molecule is CCC(C)(C)C1CCC2(CC1)NC(=O)N(CC(=O)N1CCN(C3CCCC3)CC1)C2=O. The van der Waals surface area contributed by atoms with Crippen molar-refractivity contribution in [3.05, 3.63) is 0 Å². The second-order valence-electron chi connectivity index (χ2n) is 10.9. The molecule has 7 nitrogen and oxygen atoms in total. The first-order valence-electron chi connectivity index (χ1n) is 12.4. The molecule has 0 aromatic heterocycles. The Labute approximate surface area is 186 Å². The zero-order valence-corrected chi connectivity index (χ0v) is 19.6. The van der Waals surface area contributed by atoms with E-state index >= 15 is 0 Å². The molecule has 4 fully saturated rings. The smallest absolute Gasteiger partial charge is 0.325 e. The number of nitrogens with zero attached hydrogens (tertiary/aromatic N) is 3. The third-order valence-electron chi connectivity index (χ3n) is 8.90. The first kappa shape index (κ1) is 22.6. The van der Waals surface area contributed by atoms with Crippen molar-refractivity contribution in [1.29, 1.82) is 0 Å². The third-order valence-corrected chi connectivity index (χ3v) is 8.90. The maximum absolute atomic E-state index is 13.2. The fraction of sp³-hybridized carbons (Fsp3) is 0.875. The van der Waals surface area contributed by atoms with Gasteiger partial charge in [-0.05, 0) is 49.9 Å². The Balaban J connectivity index is 1.31. The van der Waals surface area contributed by atoms with Crippen LogP contribution in [0.15, 0.2) is 0 Å². The summed E-state index contributed by atoms with van der Waals surface area (Å²) in [4.78, 5) is 44.3. The van der Waals surface area contributed by atoms with E-state index in [1.165, 1.54) is 30.6 Å². The summed E-state index contributed by atoms with van der Waals surface area (Å²) in [6, 6.07) is 0.284. The van der Waals surface area contributed by atoms with E-state index in [1.807, 2.05) is 4.90 Å². The summed E-state index contributed by atoms with van der Waals surface area (Å²) in [5.41, 5.74) is -0.539. The highest BCUT2D eigenvalue weighted by Crippen LogP contribution is 2.45. The molecular formula is C24H40N4O3. The van der Waals surface area contributed by atoms with Gasteiger partial charge in [0.1, 0.15) is 12.1 Å². The number of hydrogen-bond acceptors (Lipinski definition) is 4. The van der Waals surface area contributed by atoms with E-state index in [0.717, 1.165) is 32.4 Å². The van der Waals surface area contributed by atoms with Crippen LogP contribution in [-0.2, 0) is 9.59 Å². The average molecular weight is 433 g/mol. The molecule has 2 heterocycles. The summed E-state index contributed by atoms with van der Waals surface area (Å²) < 4.78 is 0. The molecule has 4 rings (SSSR count). The molecule has 4 aliphatic rings. The van der Waals surface area contributed by atoms with E-state index in [2.05, 4.69) is 31.0 Å². The Morgan fingerprint density at radius 1 is 1.03 bits per heavy atom. The molecule has 2 saturated carbocycles. The van der Waals surface area contributed by atoms with Gasteiger partial charge in [-0.1, -0.05) is 40.0 Å². The molecule has 1 N–H and O–H groups in total. The Morgan fingerprint density at radius 2 is 1.65 bits per heavy atom. The minimum atomic E-state index is -0.793. The lowest BCUT2D eigenvalue weighted by molar-refractivity contribution is -0.141. The van der Waals surface area contributed by atoms with E-state index in [4.69, 9.17) is 0 Å². The van der Waals surface area contributed by atoms with Gasteiger partial charge < -0.3 is 10.2 Å². The van der Waals surface area contributed by atoms with Crippen LogP contribution in [-0.4, -0.2) is 76.8 Å². The molecule has 1 spiro atoms. The Hall–Kier alpha value is -1.63. The van der Waals surface area contributed by atoms with Crippen LogP contribution in [0.5, 0.6) is 0 Å². The molecular weight excluding hydrogens is 392 g/mol. The lowest BCUT2D eigenvalue weighted by atomic mass is 9.65. The normalized spacial score (nSPS) is 31.0. The monoisotopic (exact) mass is 432 g/mol. The topological polar surface area (TPSA) is 73.0 Å². The number of nitrogens with one attached hydrogen (secondary N) is 1. The second kappa shape index (κ2) is 8.72. The van der Waals surface area contributed by atoms with Crippen LogP contribution in [0.4, 0.5) is 4.79 Å². The minimum Gasteiger partial charge on any atom is -0.339 e. The van der Waals surface area contributed by atoms with Crippen molar-refractivity contribution in [3.8, 4) is 0 Å². The summed E-state index contributed by atoms with van der Waals surface area (Å²) in [7, 11) is 0. The second-order valence-corrected chi connectivity index (χ2v) is 10.9. The van der Waals surface area contributed by atoms with Gasteiger partial charge >= 0.3 is 6.03 Å². The van der Waals surface area contributed by atoms with Gasteiger partial charge in [0.15, 0.2) is 0 Å². The highest BCUT2D eigenvalue weighted by atomic mass is 16.2. The molecule has 4 amide bonds. The molecule has 31 heavy (non-hydrogen) atoms. The van der Waals surface area contributed by atoms with Crippen LogP contribution in [0.1, 0.15) is 78.6 Å². The summed E-state index contributed by atoms with van der Waals surface area (Å²) in [6.07, 6.45) is 9.52. The number of urea groups is 1. The van der Waals surface area contributed by atoms with Crippen molar-refractivity contribution < 1.29 is 14.4 Å². The third kappa shape index (κ3) is 4.35. The maximum Gasteiger partial charge on any atom is 0.325 e. The van der Waals surface area contributed by atoms with E-state index < -0.39 is 11.6 Å². The largest absolute Gasteiger partial charge is 0.339 e. The molecule has 2 aliphatic carbocycles. The number of amides is 4. The predicted octanol–water partition coefficient (Wildman–Crippen LogP) is 2.99. The molecule has 0 unspecified atom stereocenters. The molecule has 7 heteroatoms. The van der Waals surface area contributed by atoms with Crippen LogP contribution in [0, 0.1) is 11.3 Å². The first-order valence-corrected chi connectivity index (χ1v) is 12.4. The van der Waals surface area contributed by atoms with Gasteiger partial charge in [0.25, 0.3) is 5.91 Å². The molecule has 2 aliphatic heterocycles. The van der Waals surface area contributed by atoms with Crippen molar-refractivity contribution in [2.24, 2.45) is 11.3 Å². The van der Waals surface area contributed by atoms with Gasteiger partial charge in [0.2, 0.25) is 5.91 Å². The summed E-state index contributed by atoms with van der Waals surface area (Å²) in [6.45, 7) is 9.86. The van der Waals surface area contributed by atoms with Crippen LogP contribution < -0.4 is 5.32 Å². The zero-order valence-electron chi connectivity index (χ0n) is 19.6. The summed E-state index contributed by atoms with van der Waals surface area (Å²) in [5.74, 6) is 0.273. The quantitative estimate of drug-likeness (QED) is 0.678. The highest BCUT2D eigenvalue weighted by molar-refractivity contribution is 6.09. The number of carbonyl (C=O) groups excluding carboxylic acids is 3. The van der Waals surface area contributed by atoms with Gasteiger partial charge in [0.05, 0.1) is 0 Å². The van der Waals surface area contributed by atoms with Gasteiger partial charge in [-0.2, -0.15) is 0 Å². The molecule has 0 radical (unpaired) electrons. The lowest BCUT2D eigenvalue weighted by Crippen LogP contribution is -2.54. The Morgan fingerprint density at radius 3 is 2.23 bits per heavy atom. The molecule has 0 aromatic carbocycles. The fourth-order valence-corrected chi connectivity index (χ4v) is 6.18. The van der Waals surface area contributed by atoms with Gasteiger partial charge in [0, 0.05) is 32.2 Å². The number of imide groups is 1. The molecule has 174 valence electrons. The van der Waals surface area contributed by atoms with E-state index in [9.17, 15) is 14.4 Å². The maximum atomic E-state index is 13.2. The van der Waals surface area contributed by atoms with E-state index in [0.29, 0.717) is 37.9 Å². The fourth-order valence-electron chi connectivity index (χ4n) is 6.18. The van der Waals surface area contributed by atoms with Crippen LogP contribution >= 0.6 is 0 Å². The van der Waals surface area contributed by atoms with Crippen molar-refractivity contribution >= 4 is 17.8 Å². The average Bonchev–Trinajstić information content (AvgIpc) is 3.38. The van der Waals surface area contributed by atoms with Crippen LogP contribution in [0.3, 0.4) is 0 Å². The molecule has 0 bridgehead atoms. The predicted molar refractivity (Wildman–Crippen MR) is 119 cm³/mol. The number of carbonyl (C=O) groups is 3. The molecule has 0 aromatic rings. The summed E-state index contributed by atoms with van der Waals surface area (Å²) in [5, 5.41) is 2.97. The van der Waals surface area contributed by atoms with Crippen molar-refractivity contribution in [1.82, 2.24) is 20.0 Å². The van der Waals surface area contributed by atoms with Gasteiger partial charge in [-0.25, -0.2) is 4.79 Å². The van der Waals surface area contributed by atoms with Crippen LogP contribution in [0.25, 0.3) is 0 Å². The van der Waals surface area contributed by atoms with Crippen LogP contribution in [0.2, 0.25) is 0 Å². The van der Waals surface area contributed by atoms with E-state index in [1.54, 1.807) is 0 Å². The highest BCUT2D eigenvalue weighted by Gasteiger charge is 2.54. The Kier molecular flexibility index (Phi) is 6.35. The zero-order chi connectivity index (χ0) is 22.2. The minimum absolute atomic E-state index is 0.104. The van der Waals surface area contributed by atoms with E-state index in [-0.39, 0.29) is 23.8 Å². The molecule has 2 saturated heterocycles. The first-order chi connectivity index (χ1) is 14.8. The van der Waals surface area contributed by atoms with Crippen molar-refractivity contribution in [2.45, 2.75) is 90.1 Å². The van der Waals surface area contributed by atoms with Gasteiger partial charge in [-0.3, -0.25) is 19.4 Å². The molecule has 0 atom stereocenters. The van der Waals surface area contributed by atoms with Gasteiger partial charge in [-0.15, -0.1) is 0 Å². The Bertz CT molecular complexity index is 700. The standard InChI is InChI=1S/C24H40N4O3/c1-4-23(2,3)18-9-11-24(12-10-18)21(30)28(22(31)25-24)17-20(29)27-15-13-26(14-16-27)19-7-5-6-8-19/h18-19H,4-17H2,1-3H3,(H,25,31). The van der Waals surface area contributed by atoms with Crippen molar-refractivity contribution in [2.75, 3.05) is 32.7 Å². The number of piperazine rings is 1. The summed E-state index contributed by atoms with van der Waals surface area (Å²) >= 11 is 0.